The largest absolute Gasteiger partial charge is 0.266 e. The molecule has 0 aliphatic carbocycles. The number of rotatable bonds is 4. The maximum Gasteiger partial charge on any atom is 0.125 e. The molecule has 5 nitrogen and oxygen atoms in total. The average Bonchev–Trinajstić information content (AvgIpc) is 3.12. The topological polar surface area (TPSA) is 56.5 Å². The van der Waals surface area contributed by atoms with Crippen molar-refractivity contribution in [3.63, 3.8) is 0 Å². The van der Waals surface area contributed by atoms with Crippen molar-refractivity contribution < 1.29 is 0 Å². The smallest absolute Gasteiger partial charge is 0.125 e. The summed E-state index contributed by atoms with van der Waals surface area (Å²) < 4.78 is 1.92. The molecule has 0 amide bonds. The van der Waals surface area contributed by atoms with E-state index in [1.807, 2.05) is 68.2 Å². The highest BCUT2D eigenvalue weighted by Gasteiger charge is 2.09. The standard InChI is InChI=1S/C22H21N5/c1-15-13-23-17(3)25-22(15)19-8-5-7-18(12-19)21-10-11-27(26-21)14-20-9-4-6-16(2)24-20/h4-13H,14H2,1-3H3. The zero-order valence-electron chi connectivity index (χ0n) is 15.7. The van der Waals surface area contributed by atoms with Gasteiger partial charge in [0.05, 0.1) is 23.6 Å². The summed E-state index contributed by atoms with van der Waals surface area (Å²) in [6.07, 6.45) is 3.86. The summed E-state index contributed by atoms with van der Waals surface area (Å²) in [5.41, 5.74) is 7.13. The van der Waals surface area contributed by atoms with E-state index in [0.29, 0.717) is 6.54 Å². The van der Waals surface area contributed by atoms with Gasteiger partial charge in [-0.2, -0.15) is 5.10 Å². The number of aromatic nitrogens is 5. The lowest BCUT2D eigenvalue weighted by atomic mass is 10.0. The van der Waals surface area contributed by atoms with Crippen molar-refractivity contribution in [1.29, 1.82) is 0 Å². The normalized spacial score (nSPS) is 10.9. The van der Waals surface area contributed by atoms with E-state index in [4.69, 9.17) is 5.10 Å². The Morgan fingerprint density at radius 2 is 1.70 bits per heavy atom. The maximum atomic E-state index is 4.72. The van der Waals surface area contributed by atoms with Gasteiger partial charge in [0, 0.05) is 29.2 Å². The molecule has 4 aromatic rings. The van der Waals surface area contributed by atoms with Gasteiger partial charge in [-0.15, -0.1) is 0 Å². The Bertz CT molecular complexity index is 1100. The third-order valence-corrected chi connectivity index (χ3v) is 4.43. The van der Waals surface area contributed by atoms with E-state index in [9.17, 15) is 0 Å². The number of benzene rings is 1. The van der Waals surface area contributed by atoms with Crippen LogP contribution in [0.1, 0.15) is 22.8 Å². The monoisotopic (exact) mass is 355 g/mol. The molecule has 0 unspecified atom stereocenters. The van der Waals surface area contributed by atoms with Crippen molar-refractivity contribution in [1.82, 2.24) is 24.7 Å². The lowest BCUT2D eigenvalue weighted by molar-refractivity contribution is 0.673. The van der Waals surface area contributed by atoms with Gasteiger partial charge >= 0.3 is 0 Å². The molecule has 0 saturated heterocycles. The Labute approximate surface area is 158 Å². The average molecular weight is 355 g/mol. The molecule has 0 atom stereocenters. The SMILES string of the molecule is Cc1cccc(Cn2ccc(-c3cccc(-c4nc(C)ncc4C)c3)n2)n1. The maximum absolute atomic E-state index is 4.72. The van der Waals surface area contributed by atoms with Gasteiger partial charge in [0.15, 0.2) is 0 Å². The summed E-state index contributed by atoms with van der Waals surface area (Å²) in [6.45, 7) is 6.60. The number of hydrogen-bond donors (Lipinski definition) is 0. The molecule has 3 aromatic heterocycles. The van der Waals surface area contributed by atoms with Gasteiger partial charge in [0.2, 0.25) is 0 Å². The van der Waals surface area contributed by atoms with Crippen LogP contribution in [0, 0.1) is 20.8 Å². The fourth-order valence-corrected chi connectivity index (χ4v) is 3.11. The van der Waals surface area contributed by atoms with Crippen LogP contribution in [0.4, 0.5) is 0 Å². The van der Waals surface area contributed by atoms with E-state index in [1.165, 1.54) is 0 Å². The molecule has 4 rings (SSSR count). The molecule has 0 saturated carbocycles. The molecule has 0 fully saturated rings. The Hall–Kier alpha value is -3.34. The van der Waals surface area contributed by atoms with Gasteiger partial charge in [-0.3, -0.25) is 9.67 Å². The molecule has 0 N–H and O–H groups in total. The van der Waals surface area contributed by atoms with Gasteiger partial charge in [-0.1, -0.05) is 24.3 Å². The Morgan fingerprint density at radius 3 is 2.56 bits per heavy atom. The quantitative estimate of drug-likeness (QED) is 0.545. The first-order valence-electron chi connectivity index (χ1n) is 8.95. The highest BCUT2D eigenvalue weighted by Crippen LogP contribution is 2.26. The highest BCUT2D eigenvalue weighted by molar-refractivity contribution is 5.70. The van der Waals surface area contributed by atoms with Gasteiger partial charge in [0.25, 0.3) is 0 Å². The van der Waals surface area contributed by atoms with Crippen molar-refractivity contribution in [2.45, 2.75) is 27.3 Å². The van der Waals surface area contributed by atoms with Crippen molar-refractivity contribution in [2.75, 3.05) is 0 Å². The number of pyridine rings is 1. The van der Waals surface area contributed by atoms with E-state index < -0.39 is 0 Å². The molecule has 134 valence electrons. The summed E-state index contributed by atoms with van der Waals surface area (Å²) in [7, 11) is 0. The van der Waals surface area contributed by atoms with Crippen molar-refractivity contribution in [3.8, 4) is 22.5 Å². The molecule has 0 radical (unpaired) electrons. The fourth-order valence-electron chi connectivity index (χ4n) is 3.11. The Balaban J connectivity index is 1.63. The Morgan fingerprint density at radius 1 is 0.889 bits per heavy atom. The van der Waals surface area contributed by atoms with E-state index in [2.05, 4.69) is 33.2 Å². The minimum atomic E-state index is 0.658. The third-order valence-electron chi connectivity index (χ3n) is 4.43. The van der Waals surface area contributed by atoms with Crippen molar-refractivity contribution in [3.05, 3.63) is 83.7 Å². The van der Waals surface area contributed by atoms with Crippen LogP contribution in [0.5, 0.6) is 0 Å². The predicted molar refractivity (Wildman–Crippen MR) is 106 cm³/mol. The summed E-state index contributed by atoms with van der Waals surface area (Å²) in [6, 6.07) is 16.4. The van der Waals surface area contributed by atoms with Crippen molar-refractivity contribution >= 4 is 0 Å². The van der Waals surface area contributed by atoms with Crippen LogP contribution < -0.4 is 0 Å². The summed E-state index contributed by atoms with van der Waals surface area (Å²) >= 11 is 0. The number of aryl methyl sites for hydroxylation is 3. The molecule has 5 heteroatoms. The van der Waals surface area contributed by atoms with Crippen LogP contribution in [0.25, 0.3) is 22.5 Å². The first kappa shape index (κ1) is 17.1. The van der Waals surface area contributed by atoms with Crippen LogP contribution in [-0.4, -0.2) is 24.7 Å². The first-order chi connectivity index (χ1) is 13.1. The lowest BCUT2D eigenvalue weighted by Crippen LogP contribution is -2.03. The van der Waals surface area contributed by atoms with E-state index in [0.717, 1.165) is 45.3 Å². The lowest BCUT2D eigenvalue weighted by Gasteiger charge is -2.07. The fraction of sp³-hybridized carbons (Fsp3) is 0.182. The second kappa shape index (κ2) is 7.11. The molecule has 0 aliphatic heterocycles. The van der Waals surface area contributed by atoms with Crippen molar-refractivity contribution in [2.24, 2.45) is 0 Å². The second-order valence-electron chi connectivity index (χ2n) is 6.70. The van der Waals surface area contributed by atoms with Crippen LogP contribution in [0.2, 0.25) is 0 Å². The molecule has 1 aromatic carbocycles. The third kappa shape index (κ3) is 3.77. The van der Waals surface area contributed by atoms with E-state index in [1.54, 1.807) is 0 Å². The second-order valence-corrected chi connectivity index (χ2v) is 6.70. The summed E-state index contributed by atoms with van der Waals surface area (Å²) in [5.74, 6) is 0.774. The molecule has 3 heterocycles. The molecule has 27 heavy (non-hydrogen) atoms. The minimum absolute atomic E-state index is 0.658. The molecule has 0 aliphatic rings. The van der Waals surface area contributed by atoms with Crippen LogP contribution >= 0.6 is 0 Å². The number of hydrogen-bond acceptors (Lipinski definition) is 4. The van der Waals surface area contributed by atoms with Gasteiger partial charge < -0.3 is 0 Å². The molecular formula is C22H21N5. The van der Waals surface area contributed by atoms with Crippen LogP contribution in [-0.2, 0) is 6.54 Å². The zero-order valence-corrected chi connectivity index (χ0v) is 15.7. The summed E-state index contributed by atoms with van der Waals surface area (Å²) in [5, 5.41) is 4.72. The van der Waals surface area contributed by atoms with Crippen LogP contribution in [0.3, 0.4) is 0 Å². The molecule has 0 bridgehead atoms. The zero-order chi connectivity index (χ0) is 18.8. The van der Waals surface area contributed by atoms with E-state index >= 15 is 0 Å². The van der Waals surface area contributed by atoms with Gasteiger partial charge in [0.1, 0.15) is 5.82 Å². The first-order valence-corrected chi connectivity index (χ1v) is 8.95. The Kier molecular flexibility index (Phi) is 4.50. The van der Waals surface area contributed by atoms with E-state index in [-0.39, 0.29) is 0 Å². The van der Waals surface area contributed by atoms with Crippen LogP contribution in [0.15, 0.2) is 60.9 Å². The predicted octanol–water partition coefficient (Wildman–Crippen LogP) is 4.38. The molecular weight excluding hydrogens is 334 g/mol. The highest BCUT2D eigenvalue weighted by atomic mass is 15.3. The number of nitrogens with zero attached hydrogens (tertiary/aromatic N) is 5. The summed E-state index contributed by atoms with van der Waals surface area (Å²) in [4.78, 5) is 13.4. The minimum Gasteiger partial charge on any atom is -0.266 e. The van der Waals surface area contributed by atoms with Gasteiger partial charge in [-0.25, -0.2) is 9.97 Å². The van der Waals surface area contributed by atoms with Gasteiger partial charge in [-0.05, 0) is 50.6 Å². The molecule has 0 spiro atoms.